The van der Waals surface area contributed by atoms with E-state index in [0.29, 0.717) is 0 Å². The number of piperidine rings is 1. The SMILES string of the molecule is CC(N)C(=O)N(C)C1CCCN(Cc2ccccc2)C1. The van der Waals surface area contributed by atoms with Crippen molar-refractivity contribution in [1.82, 2.24) is 9.80 Å². The van der Waals surface area contributed by atoms with Gasteiger partial charge in [0.15, 0.2) is 0 Å². The molecular weight excluding hydrogens is 250 g/mol. The number of benzene rings is 1. The van der Waals surface area contributed by atoms with Crippen LogP contribution < -0.4 is 5.73 Å². The molecule has 1 heterocycles. The first-order chi connectivity index (χ1) is 9.58. The summed E-state index contributed by atoms with van der Waals surface area (Å²) in [6.45, 7) is 4.75. The molecule has 0 aliphatic carbocycles. The molecule has 1 aliphatic rings. The number of carbonyl (C=O) groups is 1. The summed E-state index contributed by atoms with van der Waals surface area (Å²) in [6, 6.07) is 10.4. The van der Waals surface area contributed by atoms with Crippen molar-refractivity contribution in [2.24, 2.45) is 5.73 Å². The molecule has 0 spiro atoms. The van der Waals surface area contributed by atoms with Gasteiger partial charge in [0.05, 0.1) is 6.04 Å². The quantitative estimate of drug-likeness (QED) is 0.905. The third-order valence-corrected chi connectivity index (χ3v) is 4.01. The van der Waals surface area contributed by atoms with Gasteiger partial charge in [-0.15, -0.1) is 0 Å². The van der Waals surface area contributed by atoms with Gasteiger partial charge in [0.1, 0.15) is 0 Å². The molecule has 20 heavy (non-hydrogen) atoms. The van der Waals surface area contributed by atoms with Gasteiger partial charge >= 0.3 is 0 Å². The first-order valence-electron chi connectivity index (χ1n) is 7.36. The van der Waals surface area contributed by atoms with E-state index in [1.165, 1.54) is 5.56 Å². The summed E-state index contributed by atoms with van der Waals surface area (Å²) in [4.78, 5) is 16.2. The summed E-state index contributed by atoms with van der Waals surface area (Å²) >= 11 is 0. The molecule has 1 aromatic rings. The Balaban J connectivity index is 1.93. The maximum Gasteiger partial charge on any atom is 0.239 e. The van der Waals surface area contributed by atoms with Gasteiger partial charge < -0.3 is 10.6 Å². The largest absolute Gasteiger partial charge is 0.340 e. The fourth-order valence-corrected chi connectivity index (χ4v) is 2.83. The van der Waals surface area contributed by atoms with Crippen LogP contribution in [0, 0.1) is 0 Å². The summed E-state index contributed by atoms with van der Waals surface area (Å²) < 4.78 is 0. The molecule has 4 nitrogen and oxygen atoms in total. The summed E-state index contributed by atoms with van der Waals surface area (Å²) in [5.41, 5.74) is 7.02. The van der Waals surface area contributed by atoms with Gasteiger partial charge in [-0.2, -0.15) is 0 Å². The van der Waals surface area contributed by atoms with E-state index in [9.17, 15) is 4.79 Å². The van der Waals surface area contributed by atoms with Crippen LogP contribution in [0.5, 0.6) is 0 Å². The van der Waals surface area contributed by atoms with Gasteiger partial charge in [0.2, 0.25) is 5.91 Å². The van der Waals surface area contributed by atoms with Crippen molar-refractivity contribution in [2.45, 2.75) is 38.4 Å². The second kappa shape index (κ2) is 6.86. The molecular formula is C16H25N3O. The zero-order chi connectivity index (χ0) is 14.5. The maximum absolute atomic E-state index is 12.0. The summed E-state index contributed by atoms with van der Waals surface area (Å²) in [5, 5.41) is 0. The van der Waals surface area contributed by atoms with E-state index in [1.54, 1.807) is 6.92 Å². The van der Waals surface area contributed by atoms with Crippen LogP contribution in [0.4, 0.5) is 0 Å². The molecule has 0 radical (unpaired) electrons. The molecule has 0 bridgehead atoms. The minimum Gasteiger partial charge on any atom is -0.340 e. The predicted octanol–water partition coefficient (Wildman–Crippen LogP) is 1.46. The topological polar surface area (TPSA) is 49.6 Å². The molecule has 1 aromatic carbocycles. The standard InChI is InChI=1S/C16H25N3O/c1-13(17)16(20)18(2)15-9-6-10-19(12-15)11-14-7-4-3-5-8-14/h3-5,7-8,13,15H,6,9-12,17H2,1-2H3. The van der Waals surface area contributed by atoms with E-state index < -0.39 is 6.04 Å². The monoisotopic (exact) mass is 275 g/mol. The van der Waals surface area contributed by atoms with Crippen LogP contribution in [0.1, 0.15) is 25.3 Å². The molecule has 4 heteroatoms. The number of nitrogens with two attached hydrogens (primary N) is 1. The van der Waals surface area contributed by atoms with Crippen molar-refractivity contribution in [2.75, 3.05) is 20.1 Å². The average molecular weight is 275 g/mol. The molecule has 0 saturated carbocycles. The molecule has 2 atom stereocenters. The number of amides is 1. The van der Waals surface area contributed by atoms with Gasteiger partial charge in [-0.3, -0.25) is 9.69 Å². The maximum atomic E-state index is 12.0. The van der Waals surface area contributed by atoms with E-state index in [2.05, 4.69) is 29.2 Å². The van der Waals surface area contributed by atoms with Crippen molar-refractivity contribution in [3.05, 3.63) is 35.9 Å². The second-order valence-electron chi connectivity index (χ2n) is 5.75. The van der Waals surface area contributed by atoms with Crippen LogP contribution in [0.3, 0.4) is 0 Å². The third kappa shape index (κ3) is 3.81. The highest BCUT2D eigenvalue weighted by Gasteiger charge is 2.27. The van der Waals surface area contributed by atoms with Crippen molar-refractivity contribution < 1.29 is 4.79 Å². The van der Waals surface area contributed by atoms with E-state index >= 15 is 0 Å². The highest BCUT2D eigenvalue weighted by Crippen LogP contribution is 2.17. The van der Waals surface area contributed by atoms with Crippen molar-refractivity contribution in [3.8, 4) is 0 Å². The van der Waals surface area contributed by atoms with E-state index in [0.717, 1.165) is 32.5 Å². The average Bonchev–Trinajstić information content (AvgIpc) is 2.47. The number of hydrogen-bond donors (Lipinski definition) is 1. The molecule has 2 unspecified atom stereocenters. The Morgan fingerprint density at radius 1 is 1.45 bits per heavy atom. The van der Waals surface area contributed by atoms with Crippen LogP contribution in [-0.4, -0.2) is 47.9 Å². The zero-order valence-corrected chi connectivity index (χ0v) is 12.5. The number of carbonyl (C=O) groups excluding carboxylic acids is 1. The third-order valence-electron chi connectivity index (χ3n) is 4.01. The van der Waals surface area contributed by atoms with Gasteiger partial charge in [0, 0.05) is 26.2 Å². The lowest BCUT2D eigenvalue weighted by Gasteiger charge is -2.38. The van der Waals surface area contributed by atoms with Crippen LogP contribution in [0.2, 0.25) is 0 Å². The van der Waals surface area contributed by atoms with Gasteiger partial charge in [-0.1, -0.05) is 30.3 Å². The number of rotatable bonds is 4. The smallest absolute Gasteiger partial charge is 0.239 e. The number of likely N-dealkylation sites (tertiary alicyclic amines) is 1. The van der Waals surface area contributed by atoms with Crippen molar-refractivity contribution in [1.29, 1.82) is 0 Å². The Kier molecular flexibility index (Phi) is 5.15. The minimum absolute atomic E-state index is 0.0385. The Bertz CT molecular complexity index is 433. The van der Waals surface area contributed by atoms with E-state index in [-0.39, 0.29) is 11.9 Å². The molecule has 1 fully saturated rings. The summed E-state index contributed by atoms with van der Waals surface area (Å²) in [6.07, 6.45) is 2.20. The number of likely N-dealkylation sites (N-methyl/N-ethyl adjacent to an activating group) is 1. The minimum atomic E-state index is -0.413. The first-order valence-corrected chi connectivity index (χ1v) is 7.36. The van der Waals surface area contributed by atoms with Crippen LogP contribution in [0.25, 0.3) is 0 Å². The second-order valence-corrected chi connectivity index (χ2v) is 5.75. The van der Waals surface area contributed by atoms with Crippen molar-refractivity contribution >= 4 is 5.91 Å². The van der Waals surface area contributed by atoms with Gasteiger partial charge in [-0.05, 0) is 31.9 Å². The fourth-order valence-electron chi connectivity index (χ4n) is 2.83. The van der Waals surface area contributed by atoms with Crippen molar-refractivity contribution in [3.63, 3.8) is 0 Å². The molecule has 0 aromatic heterocycles. The fraction of sp³-hybridized carbons (Fsp3) is 0.562. The van der Waals surface area contributed by atoms with Crippen LogP contribution >= 0.6 is 0 Å². The lowest BCUT2D eigenvalue weighted by molar-refractivity contribution is -0.134. The number of nitrogens with zero attached hydrogens (tertiary/aromatic N) is 2. The van der Waals surface area contributed by atoms with Gasteiger partial charge in [0.25, 0.3) is 0 Å². The summed E-state index contributed by atoms with van der Waals surface area (Å²) in [5.74, 6) is 0.0385. The molecule has 2 N–H and O–H groups in total. The molecule has 2 rings (SSSR count). The summed E-state index contributed by atoms with van der Waals surface area (Å²) in [7, 11) is 1.88. The Morgan fingerprint density at radius 3 is 2.80 bits per heavy atom. The first kappa shape index (κ1) is 15.0. The molecule has 1 aliphatic heterocycles. The van der Waals surface area contributed by atoms with Gasteiger partial charge in [-0.25, -0.2) is 0 Å². The Labute approximate surface area is 121 Å². The lowest BCUT2D eigenvalue weighted by Crippen LogP contribution is -2.51. The van der Waals surface area contributed by atoms with Crippen LogP contribution in [-0.2, 0) is 11.3 Å². The Hall–Kier alpha value is -1.39. The normalized spacial score (nSPS) is 21.4. The lowest BCUT2D eigenvalue weighted by atomic mass is 10.0. The molecule has 110 valence electrons. The van der Waals surface area contributed by atoms with E-state index in [1.807, 2.05) is 18.0 Å². The molecule has 1 amide bonds. The highest BCUT2D eigenvalue weighted by molar-refractivity contribution is 5.81. The number of hydrogen-bond acceptors (Lipinski definition) is 3. The zero-order valence-electron chi connectivity index (χ0n) is 12.5. The predicted molar refractivity (Wildman–Crippen MR) is 81.2 cm³/mol. The highest BCUT2D eigenvalue weighted by atomic mass is 16.2. The Morgan fingerprint density at radius 2 is 2.15 bits per heavy atom. The van der Waals surface area contributed by atoms with Crippen LogP contribution in [0.15, 0.2) is 30.3 Å². The van der Waals surface area contributed by atoms with E-state index in [4.69, 9.17) is 5.73 Å². The molecule has 1 saturated heterocycles.